The van der Waals surface area contributed by atoms with E-state index in [1.54, 1.807) is 6.92 Å². The molecule has 0 aliphatic heterocycles. The Morgan fingerprint density at radius 2 is 2.33 bits per heavy atom. The van der Waals surface area contributed by atoms with Crippen molar-refractivity contribution in [2.75, 3.05) is 0 Å². The Labute approximate surface area is 72.6 Å². The van der Waals surface area contributed by atoms with Crippen molar-refractivity contribution >= 4 is 5.78 Å². The van der Waals surface area contributed by atoms with Crippen molar-refractivity contribution < 1.29 is 9.90 Å². The lowest BCUT2D eigenvalue weighted by Crippen LogP contribution is -2.03. The third kappa shape index (κ3) is 1.34. The predicted octanol–water partition coefficient (Wildman–Crippen LogP) is 1.60. The predicted molar refractivity (Wildman–Crippen MR) is 47.8 cm³/mol. The molecule has 0 radical (unpaired) electrons. The molecule has 0 aromatic carbocycles. The van der Waals surface area contributed by atoms with Crippen molar-refractivity contribution in [1.82, 2.24) is 0 Å². The molecular weight excluding hydrogens is 152 g/mol. The van der Waals surface area contributed by atoms with Crippen LogP contribution in [0.15, 0.2) is 23.3 Å². The quantitative estimate of drug-likeness (QED) is 0.676. The first-order chi connectivity index (χ1) is 5.57. The molecule has 1 aliphatic carbocycles. The lowest BCUT2D eigenvalue weighted by atomic mass is 10.0. The fourth-order valence-electron chi connectivity index (χ4n) is 1.47. The molecule has 0 aromatic rings. The fraction of sp³-hybridized carbons (Fsp3) is 0.500. The molecule has 2 nitrogen and oxygen atoms in total. The van der Waals surface area contributed by atoms with Crippen LogP contribution in [0.3, 0.4) is 0 Å². The van der Waals surface area contributed by atoms with E-state index in [9.17, 15) is 9.90 Å². The molecule has 0 fully saturated rings. The second-order valence-corrected chi connectivity index (χ2v) is 3.16. The van der Waals surface area contributed by atoms with Gasteiger partial charge in [0.1, 0.15) is 0 Å². The number of hydrogen-bond acceptors (Lipinski definition) is 2. The third-order valence-corrected chi connectivity index (χ3v) is 2.33. The summed E-state index contributed by atoms with van der Waals surface area (Å²) in [6, 6.07) is 0. The summed E-state index contributed by atoms with van der Waals surface area (Å²) < 4.78 is 0. The summed E-state index contributed by atoms with van der Waals surface area (Å²) in [4.78, 5) is 11.3. The van der Waals surface area contributed by atoms with Gasteiger partial charge in [0.05, 0.1) is 6.10 Å². The van der Waals surface area contributed by atoms with Crippen LogP contribution in [0.5, 0.6) is 0 Å². The Bertz CT molecular complexity index is 261. The highest BCUT2D eigenvalue weighted by Gasteiger charge is 2.28. The second-order valence-electron chi connectivity index (χ2n) is 3.16. The van der Waals surface area contributed by atoms with Gasteiger partial charge in [0.25, 0.3) is 0 Å². The number of carbonyl (C=O) groups is 1. The molecule has 12 heavy (non-hydrogen) atoms. The monoisotopic (exact) mass is 166 g/mol. The zero-order valence-corrected chi connectivity index (χ0v) is 7.55. The van der Waals surface area contributed by atoms with Crippen molar-refractivity contribution in [2.24, 2.45) is 0 Å². The Morgan fingerprint density at radius 1 is 1.75 bits per heavy atom. The van der Waals surface area contributed by atoms with Crippen LogP contribution in [0, 0.1) is 0 Å². The Balaban J connectivity index is 3.00. The van der Waals surface area contributed by atoms with Crippen molar-refractivity contribution in [3.05, 3.63) is 23.3 Å². The lowest BCUT2D eigenvalue weighted by Gasteiger charge is -2.03. The largest absolute Gasteiger partial charge is 0.388 e. The van der Waals surface area contributed by atoms with Gasteiger partial charge >= 0.3 is 0 Å². The average Bonchev–Trinajstić information content (AvgIpc) is 2.26. The maximum atomic E-state index is 11.3. The van der Waals surface area contributed by atoms with E-state index in [-0.39, 0.29) is 12.2 Å². The molecule has 0 bridgehead atoms. The number of aliphatic hydroxyl groups is 1. The summed E-state index contributed by atoms with van der Waals surface area (Å²) in [5, 5.41) is 9.36. The third-order valence-electron chi connectivity index (χ3n) is 2.33. The summed E-state index contributed by atoms with van der Waals surface area (Å²) in [6.45, 7) is 7.56. The summed E-state index contributed by atoms with van der Waals surface area (Å²) in [5.74, 6) is 0.0341. The molecule has 0 heterocycles. The van der Waals surface area contributed by atoms with E-state index in [0.717, 1.165) is 17.6 Å². The number of aliphatic hydroxyl groups excluding tert-OH is 1. The van der Waals surface area contributed by atoms with E-state index < -0.39 is 6.10 Å². The van der Waals surface area contributed by atoms with Crippen LogP contribution in [0.4, 0.5) is 0 Å². The molecular formula is C10H14O2. The van der Waals surface area contributed by atoms with Crippen LogP contribution >= 0.6 is 0 Å². The minimum atomic E-state index is -0.573. The molecule has 0 saturated heterocycles. The van der Waals surface area contributed by atoms with Gasteiger partial charge in [-0.2, -0.15) is 0 Å². The highest BCUT2D eigenvalue weighted by atomic mass is 16.3. The summed E-state index contributed by atoms with van der Waals surface area (Å²) >= 11 is 0. The van der Waals surface area contributed by atoms with Gasteiger partial charge in [-0.25, -0.2) is 0 Å². The first kappa shape index (κ1) is 9.20. The number of carbonyl (C=O) groups excluding carboxylic acids is 1. The lowest BCUT2D eigenvalue weighted by molar-refractivity contribution is -0.115. The highest BCUT2D eigenvalue weighted by molar-refractivity contribution is 6.03. The van der Waals surface area contributed by atoms with Crippen molar-refractivity contribution in [3.8, 4) is 0 Å². The number of rotatable bonds is 2. The minimum absolute atomic E-state index is 0.0341. The van der Waals surface area contributed by atoms with Crippen LogP contribution in [0.1, 0.15) is 26.7 Å². The van der Waals surface area contributed by atoms with Gasteiger partial charge in [-0.15, -0.1) is 0 Å². The van der Waals surface area contributed by atoms with Crippen LogP contribution in [-0.2, 0) is 4.79 Å². The van der Waals surface area contributed by atoms with Gasteiger partial charge in [0.2, 0.25) is 0 Å². The Hall–Kier alpha value is -0.890. The van der Waals surface area contributed by atoms with Gasteiger partial charge in [-0.3, -0.25) is 4.79 Å². The summed E-state index contributed by atoms with van der Waals surface area (Å²) in [5.41, 5.74) is 2.30. The molecule has 0 saturated carbocycles. The number of allylic oxidation sites excluding steroid dienone is 2. The standard InChI is InChI=1S/C10H14O2/c1-4-6(2)10-7(3)8(11)5-9(10)12/h8,11H,2,4-5H2,1,3H3. The maximum Gasteiger partial charge on any atom is 0.166 e. The molecule has 0 aromatic heterocycles. The fourth-order valence-corrected chi connectivity index (χ4v) is 1.47. The van der Waals surface area contributed by atoms with Gasteiger partial charge < -0.3 is 5.11 Å². The van der Waals surface area contributed by atoms with Crippen LogP contribution in [-0.4, -0.2) is 17.0 Å². The molecule has 1 unspecified atom stereocenters. The Morgan fingerprint density at radius 3 is 2.67 bits per heavy atom. The van der Waals surface area contributed by atoms with Crippen LogP contribution < -0.4 is 0 Å². The second kappa shape index (κ2) is 3.23. The zero-order chi connectivity index (χ0) is 9.30. The van der Waals surface area contributed by atoms with E-state index in [2.05, 4.69) is 6.58 Å². The topological polar surface area (TPSA) is 37.3 Å². The molecule has 1 atom stereocenters. The highest BCUT2D eigenvalue weighted by Crippen LogP contribution is 2.28. The molecule has 2 heteroatoms. The number of hydrogen-bond donors (Lipinski definition) is 1. The molecule has 1 N–H and O–H groups in total. The minimum Gasteiger partial charge on any atom is -0.388 e. The van der Waals surface area contributed by atoms with Crippen molar-refractivity contribution in [2.45, 2.75) is 32.8 Å². The molecule has 1 aliphatic rings. The Kier molecular flexibility index (Phi) is 2.48. The van der Waals surface area contributed by atoms with Crippen molar-refractivity contribution in [3.63, 3.8) is 0 Å². The first-order valence-electron chi connectivity index (χ1n) is 4.18. The number of Topliss-reactive ketones (excluding diaryl/α,β-unsaturated/α-hetero) is 1. The van der Waals surface area contributed by atoms with Gasteiger partial charge in [0, 0.05) is 12.0 Å². The molecule has 0 spiro atoms. The van der Waals surface area contributed by atoms with E-state index in [0.29, 0.717) is 5.57 Å². The molecule has 0 amide bonds. The van der Waals surface area contributed by atoms with Crippen LogP contribution in [0.2, 0.25) is 0 Å². The first-order valence-corrected chi connectivity index (χ1v) is 4.18. The van der Waals surface area contributed by atoms with Crippen molar-refractivity contribution in [1.29, 1.82) is 0 Å². The molecule has 1 rings (SSSR count). The summed E-state index contributed by atoms with van der Waals surface area (Å²) in [7, 11) is 0. The van der Waals surface area contributed by atoms with E-state index in [1.165, 1.54) is 0 Å². The summed E-state index contributed by atoms with van der Waals surface area (Å²) in [6.07, 6.45) is 0.432. The maximum absolute atomic E-state index is 11.3. The average molecular weight is 166 g/mol. The smallest absolute Gasteiger partial charge is 0.166 e. The molecule has 66 valence electrons. The SMILES string of the molecule is C=C(CC)C1=C(C)C(O)CC1=O. The van der Waals surface area contributed by atoms with Crippen LogP contribution in [0.25, 0.3) is 0 Å². The van der Waals surface area contributed by atoms with E-state index in [1.807, 2.05) is 6.92 Å². The van der Waals surface area contributed by atoms with Gasteiger partial charge in [-0.1, -0.05) is 13.5 Å². The van der Waals surface area contributed by atoms with Gasteiger partial charge in [0.15, 0.2) is 5.78 Å². The van der Waals surface area contributed by atoms with E-state index >= 15 is 0 Å². The zero-order valence-electron chi connectivity index (χ0n) is 7.55. The number of ketones is 1. The van der Waals surface area contributed by atoms with E-state index in [4.69, 9.17) is 0 Å². The van der Waals surface area contributed by atoms with Gasteiger partial charge in [-0.05, 0) is 24.5 Å². The normalized spacial score (nSPS) is 23.6.